The predicted octanol–water partition coefficient (Wildman–Crippen LogP) is 8.04. The van der Waals surface area contributed by atoms with Crippen LogP contribution in [0.2, 0.25) is 10.0 Å². The molecule has 5 rings (SSSR count). The molecule has 4 aromatic rings. The van der Waals surface area contributed by atoms with Gasteiger partial charge in [-0.25, -0.2) is 14.5 Å². The third-order valence-electron chi connectivity index (χ3n) is 6.28. The number of hydrogen-bond donors (Lipinski definition) is 1. The van der Waals surface area contributed by atoms with E-state index in [4.69, 9.17) is 37.7 Å². The first kappa shape index (κ1) is 27.0. The molecule has 0 bridgehead atoms. The van der Waals surface area contributed by atoms with Gasteiger partial charge in [-0.05, 0) is 82.6 Å². The van der Waals surface area contributed by atoms with Crippen LogP contribution in [0.25, 0.3) is 28.1 Å². The highest BCUT2D eigenvalue weighted by Crippen LogP contribution is 2.45. The smallest absolute Gasteiger partial charge is 0.408 e. The number of fused-ring (bicyclic) bond motifs is 1. The Labute approximate surface area is 238 Å². The zero-order valence-corrected chi connectivity index (χ0v) is 24.0. The van der Waals surface area contributed by atoms with Crippen LogP contribution in [0.4, 0.5) is 4.79 Å². The number of carbonyl (C=O) groups is 1. The molecule has 0 saturated carbocycles. The normalized spacial score (nSPS) is 16.2. The van der Waals surface area contributed by atoms with E-state index in [2.05, 4.69) is 10.4 Å². The summed E-state index contributed by atoms with van der Waals surface area (Å²) < 4.78 is 13.6. The molecule has 2 aromatic heterocycles. The van der Waals surface area contributed by atoms with Crippen LogP contribution in [0.1, 0.15) is 52.6 Å². The molecule has 2 aromatic carbocycles. The topological polar surface area (TPSA) is 78.3 Å². The fourth-order valence-electron chi connectivity index (χ4n) is 4.64. The molecule has 1 amide bonds. The molecule has 1 aliphatic rings. The van der Waals surface area contributed by atoms with Gasteiger partial charge in [0.25, 0.3) is 0 Å². The fraction of sp³-hybridized carbons (Fsp3) is 0.300. The number of hydrogen-bond acceptors (Lipinski definition) is 5. The molecule has 0 spiro atoms. The number of pyridine rings is 1. The average molecular weight is 566 g/mol. The Balaban J connectivity index is 1.65. The second kappa shape index (κ2) is 10.2. The van der Waals surface area contributed by atoms with Gasteiger partial charge >= 0.3 is 6.09 Å². The molecule has 202 valence electrons. The van der Waals surface area contributed by atoms with Crippen LogP contribution in [0.15, 0.2) is 67.0 Å². The van der Waals surface area contributed by atoms with Gasteiger partial charge in [0.05, 0.1) is 22.4 Å². The van der Waals surface area contributed by atoms with Crippen LogP contribution in [0.5, 0.6) is 5.88 Å². The summed E-state index contributed by atoms with van der Waals surface area (Å²) in [6.45, 7) is 9.45. The highest BCUT2D eigenvalue weighted by molar-refractivity contribution is 6.33. The number of aromatic nitrogens is 3. The fourth-order valence-corrected chi connectivity index (χ4v) is 5.03. The largest absolute Gasteiger partial charge is 0.471 e. The number of rotatable bonds is 4. The molecule has 39 heavy (non-hydrogen) atoms. The van der Waals surface area contributed by atoms with E-state index in [9.17, 15) is 4.79 Å². The zero-order chi connectivity index (χ0) is 27.9. The number of carbonyl (C=O) groups excluding carboxylic acids is 1. The summed E-state index contributed by atoms with van der Waals surface area (Å²) in [6, 6.07) is 16.8. The van der Waals surface area contributed by atoms with Crippen molar-refractivity contribution in [1.29, 1.82) is 0 Å². The van der Waals surface area contributed by atoms with Crippen molar-refractivity contribution in [2.75, 3.05) is 0 Å². The Morgan fingerprint density at radius 3 is 2.49 bits per heavy atom. The first-order valence-corrected chi connectivity index (χ1v) is 13.4. The molecule has 0 aliphatic carbocycles. The minimum Gasteiger partial charge on any atom is -0.471 e. The van der Waals surface area contributed by atoms with Gasteiger partial charge in [0.1, 0.15) is 11.2 Å². The minimum absolute atomic E-state index is 0.371. The van der Waals surface area contributed by atoms with Gasteiger partial charge < -0.3 is 14.8 Å². The lowest BCUT2D eigenvalue weighted by molar-refractivity contribution is 0.0367. The summed E-state index contributed by atoms with van der Waals surface area (Å²) in [7, 11) is 0. The second-order valence-electron chi connectivity index (χ2n) is 11.2. The van der Waals surface area contributed by atoms with Gasteiger partial charge in [-0.2, -0.15) is 5.10 Å². The Hall–Kier alpha value is -3.55. The molecule has 1 atom stereocenters. The highest BCUT2D eigenvalue weighted by Gasteiger charge is 2.37. The molecule has 0 unspecified atom stereocenters. The number of nitrogens with one attached hydrogen (secondary N) is 1. The molecular formula is C30H30Cl2N4O3. The van der Waals surface area contributed by atoms with E-state index >= 15 is 0 Å². The molecule has 7 nitrogen and oxygen atoms in total. The molecular weight excluding hydrogens is 535 g/mol. The SMILES string of the molecule is CC(C)(C)OC(=O)N[C@@H]1CC(C)(C)Oc2nc(-c3ccc(-n4cccn4)cc3Cl)c(-c3ccc(Cl)cc3)cc21. The molecule has 1 aliphatic heterocycles. The molecule has 9 heteroatoms. The van der Waals surface area contributed by atoms with Crippen molar-refractivity contribution in [2.45, 2.75) is 58.3 Å². The summed E-state index contributed by atoms with van der Waals surface area (Å²) in [6.07, 6.45) is 3.62. The highest BCUT2D eigenvalue weighted by atomic mass is 35.5. The van der Waals surface area contributed by atoms with Crippen molar-refractivity contribution in [3.05, 3.63) is 82.6 Å². The third-order valence-corrected chi connectivity index (χ3v) is 6.85. The van der Waals surface area contributed by atoms with Crippen molar-refractivity contribution in [3.8, 4) is 34.0 Å². The maximum atomic E-state index is 12.8. The Kier molecular flexibility index (Phi) is 7.08. The van der Waals surface area contributed by atoms with Gasteiger partial charge in [0.2, 0.25) is 5.88 Å². The number of nitrogens with zero attached hydrogens (tertiary/aromatic N) is 3. The van der Waals surface area contributed by atoms with Gasteiger partial charge in [-0.3, -0.25) is 0 Å². The standard InChI is InChI=1S/C30H30Cl2N4O3/c1-29(2,3)39-28(37)34-25-17-30(4,5)38-27-23(25)16-22(18-7-9-19(31)10-8-18)26(35-27)21-12-11-20(15-24(21)32)36-14-6-13-33-36/h6-16,25H,17H2,1-5H3,(H,34,37)/t25-/m1/s1. The van der Waals surface area contributed by atoms with Crippen molar-refractivity contribution >= 4 is 29.3 Å². The number of amides is 1. The van der Waals surface area contributed by atoms with Crippen LogP contribution in [0.3, 0.4) is 0 Å². The van der Waals surface area contributed by atoms with Crippen molar-refractivity contribution in [3.63, 3.8) is 0 Å². The molecule has 0 saturated heterocycles. The van der Waals surface area contributed by atoms with E-state index in [1.54, 1.807) is 10.9 Å². The van der Waals surface area contributed by atoms with Gasteiger partial charge in [-0.15, -0.1) is 0 Å². The van der Waals surface area contributed by atoms with Crippen LogP contribution < -0.4 is 10.1 Å². The van der Waals surface area contributed by atoms with Crippen molar-refractivity contribution in [1.82, 2.24) is 20.1 Å². The summed E-state index contributed by atoms with van der Waals surface area (Å²) in [5.74, 6) is 0.437. The van der Waals surface area contributed by atoms with E-state index in [0.717, 1.165) is 27.9 Å². The van der Waals surface area contributed by atoms with E-state index in [1.807, 2.05) is 95.4 Å². The Morgan fingerprint density at radius 2 is 1.85 bits per heavy atom. The van der Waals surface area contributed by atoms with Crippen LogP contribution in [-0.4, -0.2) is 32.1 Å². The summed E-state index contributed by atoms with van der Waals surface area (Å²) >= 11 is 13.0. The lowest BCUT2D eigenvalue weighted by atomic mass is 9.88. The minimum atomic E-state index is -0.622. The van der Waals surface area contributed by atoms with E-state index in [0.29, 0.717) is 28.0 Å². The summed E-state index contributed by atoms with van der Waals surface area (Å²) in [5.41, 5.74) is 3.52. The second-order valence-corrected chi connectivity index (χ2v) is 12.0. The maximum Gasteiger partial charge on any atom is 0.408 e. The third kappa shape index (κ3) is 6.05. The number of benzene rings is 2. The van der Waals surface area contributed by atoms with E-state index < -0.39 is 17.3 Å². The number of halogens is 2. The lowest BCUT2D eigenvalue weighted by Gasteiger charge is -2.37. The van der Waals surface area contributed by atoms with Crippen LogP contribution in [-0.2, 0) is 4.74 Å². The average Bonchev–Trinajstić information content (AvgIpc) is 3.37. The maximum absolute atomic E-state index is 12.8. The first-order valence-electron chi connectivity index (χ1n) is 12.7. The predicted molar refractivity (Wildman–Crippen MR) is 154 cm³/mol. The van der Waals surface area contributed by atoms with E-state index in [-0.39, 0.29) is 6.04 Å². The van der Waals surface area contributed by atoms with Gasteiger partial charge in [0.15, 0.2) is 0 Å². The summed E-state index contributed by atoms with van der Waals surface area (Å²) in [4.78, 5) is 17.8. The molecule has 0 radical (unpaired) electrons. The Bertz CT molecular complexity index is 1510. The lowest BCUT2D eigenvalue weighted by Crippen LogP contribution is -2.43. The quantitative estimate of drug-likeness (QED) is 0.271. The van der Waals surface area contributed by atoms with Gasteiger partial charge in [-0.1, -0.05) is 35.3 Å². The first-order chi connectivity index (χ1) is 18.4. The van der Waals surface area contributed by atoms with Crippen molar-refractivity contribution in [2.24, 2.45) is 0 Å². The van der Waals surface area contributed by atoms with Crippen LogP contribution >= 0.6 is 23.2 Å². The molecule has 1 N–H and O–H groups in total. The van der Waals surface area contributed by atoms with Crippen LogP contribution in [0, 0.1) is 0 Å². The zero-order valence-electron chi connectivity index (χ0n) is 22.5. The molecule has 3 heterocycles. The number of alkyl carbamates (subject to hydrolysis) is 1. The van der Waals surface area contributed by atoms with Crippen molar-refractivity contribution < 1.29 is 14.3 Å². The summed E-state index contributed by atoms with van der Waals surface area (Å²) in [5, 5.41) is 8.47. The number of ether oxygens (including phenoxy) is 2. The molecule has 0 fully saturated rings. The van der Waals surface area contributed by atoms with Gasteiger partial charge in [0, 0.05) is 40.5 Å². The Morgan fingerprint density at radius 1 is 1.10 bits per heavy atom. The monoisotopic (exact) mass is 564 g/mol. The van der Waals surface area contributed by atoms with E-state index in [1.165, 1.54) is 0 Å².